The first-order valence-corrected chi connectivity index (χ1v) is 15.1. The second-order valence-corrected chi connectivity index (χ2v) is 16.1. The van der Waals surface area contributed by atoms with Crippen LogP contribution in [0.25, 0.3) is 0 Å². The van der Waals surface area contributed by atoms with Crippen LogP contribution < -0.4 is 5.73 Å². The molecule has 5 heteroatoms. The minimum absolute atomic E-state index is 0.00171. The largest absolute Gasteiger partial charge is 0.327 e. The van der Waals surface area contributed by atoms with Gasteiger partial charge in [-0.05, 0) is 103 Å². The molecule has 5 nitrogen and oxygen atoms in total. The van der Waals surface area contributed by atoms with Gasteiger partial charge in [-0.25, -0.2) is 5.06 Å². The summed E-state index contributed by atoms with van der Waals surface area (Å²) in [4.78, 5) is 33.2. The molecular formula is C32H54N2O3. The summed E-state index contributed by atoms with van der Waals surface area (Å²) in [5.74, 6) is 1.96. The van der Waals surface area contributed by atoms with Crippen LogP contribution in [0.2, 0.25) is 0 Å². The number of hydrogen-bond acceptors (Lipinski definition) is 4. The molecule has 10 atom stereocenters. The summed E-state index contributed by atoms with van der Waals surface area (Å²) >= 11 is 0. The SMILES string of the molecule is CON(C)C(=O)[C@@]1(C)CC[C@]2(C)CC[C@]3(C)[C@H](CC(=O)[C@@H]4[C@@]5(C)CC[C@H](N)C(C)(C)C5CC[C@]43C)[C@H]2C1. The average Bonchev–Trinajstić information content (AvgIpc) is 2.83. The number of hydroxylamine groups is 2. The van der Waals surface area contributed by atoms with Crippen molar-refractivity contribution in [2.45, 2.75) is 119 Å². The molecule has 210 valence electrons. The van der Waals surface area contributed by atoms with Gasteiger partial charge in [0, 0.05) is 30.8 Å². The molecule has 1 unspecified atom stereocenters. The number of fused-ring (bicyclic) bond motifs is 7. The number of rotatable bonds is 2. The Morgan fingerprint density at radius 3 is 2.19 bits per heavy atom. The predicted octanol–water partition coefficient (Wildman–Crippen LogP) is 6.39. The second-order valence-electron chi connectivity index (χ2n) is 16.1. The van der Waals surface area contributed by atoms with Gasteiger partial charge >= 0.3 is 0 Å². The van der Waals surface area contributed by atoms with Gasteiger partial charge in [-0.1, -0.05) is 48.5 Å². The van der Waals surface area contributed by atoms with Crippen LogP contribution in [0.5, 0.6) is 0 Å². The molecule has 0 radical (unpaired) electrons. The van der Waals surface area contributed by atoms with Crippen molar-refractivity contribution in [3.63, 3.8) is 0 Å². The third kappa shape index (κ3) is 3.47. The topological polar surface area (TPSA) is 72.6 Å². The Balaban J connectivity index is 1.53. The number of hydrogen-bond donors (Lipinski definition) is 1. The number of carbonyl (C=O) groups excluding carboxylic acids is 2. The fourth-order valence-electron chi connectivity index (χ4n) is 11.6. The fourth-order valence-corrected chi connectivity index (χ4v) is 11.6. The van der Waals surface area contributed by atoms with E-state index in [1.54, 1.807) is 14.2 Å². The Bertz CT molecular complexity index is 979. The first-order valence-electron chi connectivity index (χ1n) is 15.1. The number of amides is 1. The zero-order chi connectivity index (χ0) is 27.4. The summed E-state index contributed by atoms with van der Waals surface area (Å²) in [5, 5.41) is 1.42. The van der Waals surface area contributed by atoms with E-state index in [1.165, 1.54) is 24.3 Å². The number of Topliss-reactive ketones (excluding diaryl/α,β-unsaturated/α-hetero) is 1. The van der Waals surface area contributed by atoms with E-state index < -0.39 is 5.41 Å². The van der Waals surface area contributed by atoms with Crippen LogP contribution in [0, 0.1) is 56.2 Å². The summed E-state index contributed by atoms with van der Waals surface area (Å²) in [6.45, 7) is 16.8. The lowest BCUT2D eigenvalue weighted by Crippen LogP contribution is -2.70. The molecule has 2 N–H and O–H groups in total. The standard InChI is InChI=1S/C32H54N2O3/c1-27(2)23-10-13-32(7)25(30(23,5)12-11-24(27)33)22(35)18-20-21-19-29(4,26(36)34(8)37-9)15-14-28(21,3)16-17-31(20,32)6/h20-21,23-25H,10-19,33H2,1-9H3/t20-,21-,23?,24+,25-,28-,29+,30+,31-,32-/m1/s1. The van der Waals surface area contributed by atoms with Crippen molar-refractivity contribution in [3.05, 3.63) is 0 Å². The number of nitrogens with two attached hydrogens (primary N) is 1. The van der Waals surface area contributed by atoms with Crippen LogP contribution in [0.4, 0.5) is 0 Å². The van der Waals surface area contributed by atoms with Crippen LogP contribution in [-0.2, 0) is 14.4 Å². The maximum Gasteiger partial charge on any atom is 0.251 e. The zero-order valence-corrected chi connectivity index (χ0v) is 25.2. The normalized spacial score (nSPS) is 52.8. The van der Waals surface area contributed by atoms with Crippen LogP contribution >= 0.6 is 0 Å². The van der Waals surface area contributed by atoms with Crippen molar-refractivity contribution in [3.8, 4) is 0 Å². The Kier molecular flexibility index (Phi) is 6.19. The van der Waals surface area contributed by atoms with Crippen molar-refractivity contribution in [2.24, 2.45) is 61.9 Å². The number of nitrogens with zero attached hydrogens (tertiary/aromatic N) is 1. The highest BCUT2D eigenvalue weighted by atomic mass is 16.7. The number of carbonyl (C=O) groups is 2. The summed E-state index contributed by atoms with van der Waals surface area (Å²) in [6, 6.07) is 0.218. The zero-order valence-electron chi connectivity index (χ0n) is 25.2. The van der Waals surface area contributed by atoms with Gasteiger partial charge in [-0.2, -0.15) is 0 Å². The smallest absolute Gasteiger partial charge is 0.251 e. The lowest BCUT2D eigenvalue weighted by atomic mass is 9.31. The lowest BCUT2D eigenvalue weighted by molar-refractivity contribution is -0.236. The molecule has 1 amide bonds. The minimum atomic E-state index is -0.429. The van der Waals surface area contributed by atoms with Gasteiger partial charge in [0.1, 0.15) is 5.78 Å². The maximum absolute atomic E-state index is 14.5. The van der Waals surface area contributed by atoms with Gasteiger partial charge in [-0.3, -0.25) is 14.4 Å². The molecule has 0 aromatic rings. The fraction of sp³-hybridized carbons (Fsp3) is 0.938. The summed E-state index contributed by atoms with van der Waals surface area (Å²) in [7, 11) is 3.31. The quantitative estimate of drug-likeness (QED) is 0.433. The molecule has 5 rings (SSSR count). The Labute approximate surface area is 226 Å². The van der Waals surface area contributed by atoms with E-state index in [-0.39, 0.29) is 44.9 Å². The van der Waals surface area contributed by atoms with Gasteiger partial charge in [0.15, 0.2) is 0 Å². The molecular weight excluding hydrogens is 460 g/mol. The van der Waals surface area contributed by atoms with Crippen molar-refractivity contribution >= 4 is 11.7 Å². The number of ketones is 1. The first kappa shape index (κ1) is 27.6. The van der Waals surface area contributed by atoms with Crippen molar-refractivity contribution in [1.82, 2.24) is 5.06 Å². The molecule has 0 heterocycles. The third-order valence-electron chi connectivity index (χ3n) is 14.3. The van der Waals surface area contributed by atoms with Crippen LogP contribution in [0.3, 0.4) is 0 Å². The van der Waals surface area contributed by atoms with Gasteiger partial charge in [0.2, 0.25) is 0 Å². The second kappa shape index (κ2) is 8.29. The van der Waals surface area contributed by atoms with Crippen LogP contribution in [0.15, 0.2) is 0 Å². The average molecular weight is 515 g/mol. The maximum atomic E-state index is 14.5. The predicted molar refractivity (Wildman–Crippen MR) is 147 cm³/mol. The Morgan fingerprint density at radius 1 is 0.892 bits per heavy atom. The Hall–Kier alpha value is -0.940. The molecule has 5 fully saturated rings. The van der Waals surface area contributed by atoms with Gasteiger partial charge < -0.3 is 5.73 Å². The molecule has 0 saturated heterocycles. The van der Waals surface area contributed by atoms with Gasteiger partial charge in [0.25, 0.3) is 5.91 Å². The summed E-state index contributed by atoms with van der Waals surface area (Å²) in [6.07, 6.45) is 10.3. The van der Waals surface area contributed by atoms with E-state index in [0.29, 0.717) is 30.0 Å². The van der Waals surface area contributed by atoms with Crippen molar-refractivity contribution in [1.29, 1.82) is 0 Å². The highest BCUT2D eigenvalue weighted by Gasteiger charge is 2.72. The van der Waals surface area contributed by atoms with Crippen LogP contribution in [0.1, 0.15) is 113 Å². The van der Waals surface area contributed by atoms with Crippen molar-refractivity contribution < 1.29 is 14.4 Å². The molecule has 37 heavy (non-hydrogen) atoms. The molecule has 0 aromatic carbocycles. The molecule has 0 spiro atoms. The van der Waals surface area contributed by atoms with E-state index in [4.69, 9.17) is 10.6 Å². The highest BCUT2D eigenvalue weighted by Crippen LogP contribution is 2.76. The van der Waals surface area contributed by atoms with E-state index in [9.17, 15) is 9.59 Å². The van der Waals surface area contributed by atoms with Crippen molar-refractivity contribution in [2.75, 3.05) is 14.2 Å². The van der Waals surface area contributed by atoms with E-state index in [1.807, 2.05) is 0 Å². The lowest BCUT2D eigenvalue weighted by Gasteiger charge is -2.73. The Morgan fingerprint density at radius 2 is 1.54 bits per heavy atom. The van der Waals surface area contributed by atoms with E-state index in [2.05, 4.69) is 48.5 Å². The minimum Gasteiger partial charge on any atom is -0.327 e. The molecule has 0 aliphatic heterocycles. The molecule has 0 aromatic heterocycles. The highest BCUT2D eigenvalue weighted by molar-refractivity contribution is 5.85. The monoisotopic (exact) mass is 514 g/mol. The third-order valence-corrected chi connectivity index (χ3v) is 14.3. The molecule has 5 aliphatic carbocycles. The van der Waals surface area contributed by atoms with E-state index >= 15 is 0 Å². The van der Waals surface area contributed by atoms with E-state index in [0.717, 1.165) is 38.5 Å². The van der Waals surface area contributed by atoms with Gasteiger partial charge in [0.05, 0.1) is 7.11 Å². The molecule has 5 aliphatic rings. The first-order chi connectivity index (χ1) is 17.0. The summed E-state index contributed by atoms with van der Waals surface area (Å²) < 4.78 is 0. The molecule has 0 bridgehead atoms. The van der Waals surface area contributed by atoms with Crippen LogP contribution in [-0.4, -0.2) is 37.0 Å². The van der Waals surface area contributed by atoms with Gasteiger partial charge in [-0.15, -0.1) is 0 Å². The molecule has 5 saturated carbocycles. The summed E-state index contributed by atoms with van der Waals surface area (Å²) in [5.41, 5.74) is 6.67.